The van der Waals surface area contributed by atoms with Crippen molar-refractivity contribution in [2.75, 3.05) is 13.1 Å². The van der Waals surface area contributed by atoms with E-state index in [0.717, 1.165) is 18.4 Å². The molecule has 3 rings (SSSR count). The van der Waals surface area contributed by atoms with Crippen molar-refractivity contribution in [3.05, 3.63) is 52.8 Å². The molecular weight excluding hydrogens is 386 g/mol. The second kappa shape index (κ2) is 8.71. The van der Waals surface area contributed by atoms with Crippen molar-refractivity contribution in [2.24, 2.45) is 7.05 Å². The predicted molar refractivity (Wildman–Crippen MR) is 114 cm³/mol. The van der Waals surface area contributed by atoms with E-state index in [1.807, 2.05) is 6.92 Å². The van der Waals surface area contributed by atoms with Crippen LogP contribution in [-0.2, 0) is 29.9 Å². The van der Waals surface area contributed by atoms with E-state index in [2.05, 4.69) is 23.5 Å². The maximum Gasteiger partial charge on any atom is 0.268 e. The number of carbonyl (C=O) groups excluding carboxylic acids is 1. The number of aromatic nitrogens is 1. The lowest BCUT2D eigenvalue weighted by Gasteiger charge is -2.20. The van der Waals surface area contributed by atoms with Gasteiger partial charge >= 0.3 is 0 Å². The van der Waals surface area contributed by atoms with Crippen molar-refractivity contribution in [1.82, 2.24) is 14.2 Å². The topological polar surface area (TPSA) is 71.4 Å². The highest BCUT2D eigenvalue weighted by Crippen LogP contribution is 2.25. The SMILES string of the molecule is CCN(CC)S(=O)(=O)c1cc(C(=O)NC(C)c2ccc3c(c2)CCCC3)n(C)c1. The molecule has 0 aliphatic heterocycles. The molecule has 1 aromatic heterocycles. The van der Waals surface area contributed by atoms with Gasteiger partial charge in [-0.3, -0.25) is 4.79 Å². The Morgan fingerprint density at radius 2 is 1.79 bits per heavy atom. The maximum atomic E-state index is 12.8. The average Bonchev–Trinajstić information content (AvgIpc) is 3.11. The van der Waals surface area contributed by atoms with E-state index in [-0.39, 0.29) is 16.8 Å². The largest absolute Gasteiger partial charge is 0.345 e. The molecule has 6 nitrogen and oxygen atoms in total. The highest BCUT2D eigenvalue weighted by atomic mass is 32.2. The van der Waals surface area contributed by atoms with Crippen LogP contribution >= 0.6 is 0 Å². The summed E-state index contributed by atoms with van der Waals surface area (Å²) in [6.07, 6.45) is 6.18. The number of rotatable bonds is 7. The molecule has 1 heterocycles. The summed E-state index contributed by atoms with van der Waals surface area (Å²) in [5.74, 6) is -0.279. The van der Waals surface area contributed by atoms with Gasteiger partial charge in [0.05, 0.1) is 6.04 Å². The van der Waals surface area contributed by atoms with Gasteiger partial charge in [-0.25, -0.2) is 8.42 Å². The van der Waals surface area contributed by atoms with Crippen LogP contribution in [0.5, 0.6) is 0 Å². The first-order chi connectivity index (χ1) is 13.8. The summed E-state index contributed by atoms with van der Waals surface area (Å²) in [5.41, 5.74) is 4.19. The zero-order chi connectivity index (χ0) is 21.2. The Labute approximate surface area is 174 Å². The molecule has 1 atom stereocenters. The molecule has 0 saturated heterocycles. The number of hydrogen-bond donors (Lipinski definition) is 1. The van der Waals surface area contributed by atoms with Crippen molar-refractivity contribution in [3.63, 3.8) is 0 Å². The summed E-state index contributed by atoms with van der Waals surface area (Å²) in [5, 5.41) is 3.01. The van der Waals surface area contributed by atoms with Gasteiger partial charge in [-0.2, -0.15) is 4.31 Å². The van der Waals surface area contributed by atoms with E-state index in [9.17, 15) is 13.2 Å². The first kappa shape index (κ1) is 21.6. The van der Waals surface area contributed by atoms with E-state index < -0.39 is 10.0 Å². The molecule has 1 aromatic carbocycles. The van der Waals surface area contributed by atoms with Crippen LogP contribution in [0.2, 0.25) is 0 Å². The van der Waals surface area contributed by atoms with Gasteiger partial charge < -0.3 is 9.88 Å². The molecular formula is C22H31N3O3S. The molecule has 29 heavy (non-hydrogen) atoms. The van der Waals surface area contributed by atoms with Gasteiger partial charge in [0.1, 0.15) is 10.6 Å². The quantitative estimate of drug-likeness (QED) is 0.750. The van der Waals surface area contributed by atoms with Gasteiger partial charge in [-0.05, 0) is 55.4 Å². The number of aryl methyl sites for hydroxylation is 3. The van der Waals surface area contributed by atoms with Crippen LogP contribution in [-0.4, -0.2) is 36.3 Å². The monoisotopic (exact) mass is 417 g/mol. The molecule has 158 valence electrons. The highest BCUT2D eigenvalue weighted by molar-refractivity contribution is 7.89. The molecule has 1 aliphatic rings. The lowest BCUT2D eigenvalue weighted by molar-refractivity contribution is 0.0931. The molecule has 1 amide bonds. The lowest BCUT2D eigenvalue weighted by Crippen LogP contribution is -2.30. The summed E-state index contributed by atoms with van der Waals surface area (Å²) >= 11 is 0. The molecule has 1 unspecified atom stereocenters. The number of hydrogen-bond acceptors (Lipinski definition) is 3. The van der Waals surface area contributed by atoms with Crippen molar-refractivity contribution in [1.29, 1.82) is 0 Å². The highest BCUT2D eigenvalue weighted by Gasteiger charge is 2.26. The van der Waals surface area contributed by atoms with Crippen LogP contribution in [0.25, 0.3) is 0 Å². The second-order valence-electron chi connectivity index (χ2n) is 7.69. The number of nitrogens with one attached hydrogen (secondary N) is 1. The molecule has 2 aromatic rings. The Kier molecular flexibility index (Phi) is 6.49. The summed E-state index contributed by atoms with van der Waals surface area (Å²) in [4.78, 5) is 13.0. The summed E-state index contributed by atoms with van der Waals surface area (Å²) in [6.45, 7) is 6.35. The molecule has 0 bridgehead atoms. The van der Waals surface area contributed by atoms with E-state index in [1.54, 1.807) is 25.5 Å². The first-order valence-corrected chi connectivity index (χ1v) is 11.8. The summed E-state index contributed by atoms with van der Waals surface area (Å²) < 4.78 is 28.5. The second-order valence-corrected chi connectivity index (χ2v) is 9.63. The smallest absolute Gasteiger partial charge is 0.268 e. The molecule has 1 N–H and O–H groups in total. The lowest BCUT2D eigenvalue weighted by atomic mass is 9.89. The van der Waals surface area contributed by atoms with E-state index >= 15 is 0 Å². The van der Waals surface area contributed by atoms with Crippen LogP contribution in [0.1, 0.15) is 66.8 Å². The normalized spacial score (nSPS) is 15.2. The van der Waals surface area contributed by atoms with Crippen LogP contribution in [0.15, 0.2) is 35.4 Å². The van der Waals surface area contributed by atoms with Crippen LogP contribution in [0, 0.1) is 0 Å². The molecule has 0 radical (unpaired) electrons. The number of nitrogens with zero attached hydrogens (tertiary/aromatic N) is 2. The zero-order valence-corrected chi connectivity index (χ0v) is 18.6. The minimum Gasteiger partial charge on any atom is -0.345 e. The number of carbonyl (C=O) groups is 1. The van der Waals surface area contributed by atoms with E-state index in [1.165, 1.54) is 40.5 Å². The van der Waals surface area contributed by atoms with Crippen LogP contribution in [0.3, 0.4) is 0 Å². The van der Waals surface area contributed by atoms with E-state index in [4.69, 9.17) is 0 Å². The van der Waals surface area contributed by atoms with Gasteiger partial charge in [0.15, 0.2) is 0 Å². The Bertz CT molecular complexity index is 991. The molecule has 0 spiro atoms. The number of benzene rings is 1. The van der Waals surface area contributed by atoms with Crippen molar-refractivity contribution < 1.29 is 13.2 Å². The fourth-order valence-electron chi connectivity index (χ4n) is 3.99. The molecule has 7 heteroatoms. The molecule has 0 fully saturated rings. The average molecular weight is 418 g/mol. The number of fused-ring (bicyclic) bond motifs is 1. The Hall–Kier alpha value is -2.12. The van der Waals surface area contributed by atoms with E-state index in [0.29, 0.717) is 18.8 Å². The van der Waals surface area contributed by atoms with Gasteiger partial charge in [0, 0.05) is 26.3 Å². The molecule has 1 aliphatic carbocycles. The predicted octanol–water partition coefficient (Wildman–Crippen LogP) is 3.43. The standard InChI is InChI=1S/C22H31N3O3S/c1-5-25(6-2)29(27,28)20-14-21(24(4)15-20)22(26)23-16(3)18-12-11-17-9-7-8-10-19(17)13-18/h11-16H,5-10H2,1-4H3,(H,23,26). The maximum absolute atomic E-state index is 12.8. The van der Waals surface area contributed by atoms with Crippen LogP contribution < -0.4 is 5.32 Å². The Balaban J connectivity index is 1.78. The minimum absolute atomic E-state index is 0.148. The Morgan fingerprint density at radius 1 is 1.14 bits per heavy atom. The van der Waals surface area contributed by atoms with Crippen molar-refractivity contribution in [3.8, 4) is 0 Å². The van der Waals surface area contributed by atoms with Gasteiger partial charge in [0.2, 0.25) is 10.0 Å². The molecule has 0 saturated carbocycles. The summed E-state index contributed by atoms with van der Waals surface area (Å²) in [6, 6.07) is 7.75. The summed E-state index contributed by atoms with van der Waals surface area (Å²) in [7, 11) is -1.90. The van der Waals surface area contributed by atoms with Crippen molar-refractivity contribution in [2.45, 2.75) is 57.4 Å². The number of amides is 1. The fourth-order valence-corrected chi connectivity index (χ4v) is 5.52. The third kappa shape index (κ3) is 4.41. The third-order valence-corrected chi connectivity index (χ3v) is 7.79. The van der Waals surface area contributed by atoms with Gasteiger partial charge in [0.25, 0.3) is 5.91 Å². The zero-order valence-electron chi connectivity index (χ0n) is 17.7. The van der Waals surface area contributed by atoms with Gasteiger partial charge in [-0.15, -0.1) is 0 Å². The van der Waals surface area contributed by atoms with Crippen molar-refractivity contribution >= 4 is 15.9 Å². The van der Waals surface area contributed by atoms with Crippen LogP contribution in [0.4, 0.5) is 0 Å². The first-order valence-electron chi connectivity index (χ1n) is 10.4. The van der Waals surface area contributed by atoms with Gasteiger partial charge in [-0.1, -0.05) is 32.0 Å². The fraction of sp³-hybridized carbons (Fsp3) is 0.500. The third-order valence-electron chi connectivity index (χ3n) is 5.78. The minimum atomic E-state index is -3.59. The number of sulfonamides is 1. The Morgan fingerprint density at radius 3 is 2.45 bits per heavy atom.